The van der Waals surface area contributed by atoms with Gasteiger partial charge in [0.15, 0.2) is 5.13 Å². The molecule has 7 nitrogen and oxygen atoms in total. The maximum absolute atomic E-state index is 12.5. The SMILES string of the molecule is O=C(Cc1csc(N2CCNC2=O)n1)NC1CCOc2ccc(Br)cc21. The van der Waals surface area contributed by atoms with E-state index < -0.39 is 0 Å². The van der Waals surface area contributed by atoms with E-state index in [-0.39, 0.29) is 24.4 Å². The first-order valence-corrected chi connectivity index (χ1v) is 9.99. The first-order chi connectivity index (χ1) is 12.6. The lowest BCUT2D eigenvalue weighted by Gasteiger charge is -2.26. The van der Waals surface area contributed by atoms with Crippen LogP contribution in [0.3, 0.4) is 0 Å². The smallest absolute Gasteiger partial charge is 0.323 e. The predicted molar refractivity (Wildman–Crippen MR) is 102 cm³/mol. The summed E-state index contributed by atoms with van der Waals surface area (Å²) in [6, 6.07) is 5.60. The zero-order valence-corrected chi connectivity index (χ0v) is 16.2. The number of urea groups is 1. The summed E-state index contributed by atoms with van der Waals surface area (Å²) >= 11 is 4.84. The van der Waals surface area contributed by atoms with Gasteiger partial charge in [-0.25, -0.2) is 9.78 Å². The Kier molecular flexibility index (Phi) is 4.82. The summed E-state index contributed by atoms with van der Waals surface area (Å²) < 4.78 is 6.61. The van der Waals surface area contributed by atoms with Gasteiger partial charge >= 0.3 is 6.03 Å². The Labute approximate surface area is 162 Å². The molecular weight excluding hydrogens is 420 g/mol. The van der Waals surface area contributed by atoms with Crippen molar-refractivity contribution in [1.29, 1.82) is 0 Å². The molecular formula is C17H17BrN4O3S. The Morgan fingerprint density at radius 2 is 2.38 bits per heavy atom. The van der Waals surface area contributed by atoms with Crippen LogP contribution in [0.25, 0.3) is 0 Å². The van der Waals surface area contributed by atoms with Crippen molar-refractivity contribution in [2.75, 3.05) is 24.6 Å². The standard InChI is InChI=1S/C17H17BrN4O3S/c18-10-1-2-14-12(7-10)13(3-6-25-14)21-15(23)8-11-9-26-17(20-11)22-5-4-19-16(22)24/h1-2,7,9,13H,3-6,8H2,(H,19,24)(H,21,23). The number of hydrogen-bond acceptors (Lipinski definition) is 5. The van der Waals surface area contributed by atoms with Crippen LogP contribution in [-0.2, 0) is 11.2 Å². The van der Waals surface area contributed by atoms with E-state index in [9.17, 15) is 9.59 Å². The third kappa shape index (κ3) is 3.54. The Morgan fingerprint density at radius 1 is 1.50 bits per heavy atom. The number of fused-ring (bicyclic) bond motifs is 1. The maximum Gasteiger partial charge on any atom is 0.323 e. The van der Waals surface area contributed by atoms with Gasteiger partial charge in [0.05, 0.1) is 24.8 Å². The molecule has 0 radical (unpaired) electrons. The fourth-order valence-electron chi connectivity index (χ4n) is 3.08. The minimum absolute atomic E-state index is 0.0776. The summed E-state index contributed by atoms with van der Waals surface area (Å²) in [5.41, 5.74) is 1.65. The molecule has 2 N–H and O–H groups in total. The third-order valence-corrected chi connectivity index (χ3v) is 5.72. The Balaban J connectivity index is 1.42. The largest absolute Gasteiger partial charge is 0.493 e. The molecule has 136 valence electrons. The van der Waals surface area contributed by atoms with Crippen LogP contribution in [0, 0.1) is 0 Å². The van der Waals surface area contributed by atoms with Gasteiger partial charge < -0.3 is 15.4 Å². The number of nitrogens with one attached hydrogen (secondary N) is 2. The molecule has 1 unspecified atom stereocenters. The van der Waals surface area contributed by atoms with E-state index in [0.717, 1.165) is 22.2 Å². The zero-order valence-electron chi connectivity index (χ0n) is 13.8. The number of ether oxygens (including phenoxy) is 1. The fourth-order valence-corrected chi connectivity index (χ4v) is 4.31. The number of thiazole rings is 1. The first kappa shape index (κ1) is 17.3. The quantitative estimate of drug-likeness (QED) is 0.771. The van der Waals surface area contributed by atoms with Crippen LogP contribution in [0.2, 0.25) is 0 Å². The molecule has 3 amide bonds. The van der Waals surface area contributed by atoms with Gasteiger partial charge in [-0.3, -0.25) is 9.69 Å². The minimum atomic E-state index is -0.139. The molecule has 9 heteroatoms. The molecule has 0 aliphatic carbocycles. The highest BCUT2D eigenvalue weighted by Crippen LogP contribution is 2.34. The number of hydrogen-bond donors (Lipinski definition) is 2. The van der Waals surface area contributed by atoms with Crippen molar-refractivity contribution in [3.8, 4) is 5.75 Å². The van der Waals surface area contributed by atoms with Crippen LogP contribution in [0.15, 0.2) is 28.1 Å². The van der Waals surface area contributed by atoms with E-state index in [4.69, 9.17) is 4.74 Å². The van der Waals surface area contributed by atoms with Crippen LogP contribution < -0.4 is 20.3 Å². The normalized spacial score (nSPS) is 18.9. The van der Waals surface area contributed by atoms with E-state index in [2.05, 4.69) is 31.5 Å². The second kappa shape index (κ2) is 7.24. The number of carbonyl (C=O) groups excluding carboxylic acids is 2. The highest BCUT2D eigenvalue weighted by atomic mass is 79.9. The Morgan fingerprint density at radius 3 is 3.19 bits per heavy atom. The van der Waals surface area contributed by atoms with Gasteiger partial charge in [-0.15, -0.1) is 11.3 Å². The molecule has 1 fully saturated rings. The minimum Gasteiger partial charge on any atom is -0.493 e. The lowest BCUT2D eigenvalue weighted by molar-refractivity contribution is -0.121. The van der Waals surface area contributed by atoms with Crippen molar-refractivity contribution in [3.63, 3.8) is 0 Å². The van der Waals surface area contributed by atoms with Crippen LogP contribution in [0.5, 0.6) is 5.75 Å². The van der Waals surface area contributed by atoms with Gasteiger partial charge in [-0.05, 0) is 18.2 Å². The molecule has 0 spiro atoms. The zero-order chi connectivity index (χ0) is 18.1. The molecule has 1 atom stereocenters. The number of amides is 3. The molecule has 3 heterocycles. The van der Waals surface area contributed by atoms with E-state index in [0.29, 0.717) is 30.5 Å². The highest BCUT2D eigenvalue weighted by molar-refractivity contribution is 9.10. The molecule has 1 saturated heterocycles. The number of halogens is 1. The summed E-state index contributed by atoms with van der Waals surface area (Å²) in [5.74, 6) is 0.714. The lowest BCUT2D eigenvalue weighted by Crippen LogP contribution is -2.33. The number of benzene rings is 1. The van der Waals surface area contributed by atoms with E-state index >= 15 is 0 Å². The highest BCUT2D eigenvalue weighted by Gasteiger charge is 2.26. The van der Waals surface area contributed by atoms with Crippen molar-refractivity contribution in [1.82, 2.24) is 15.6 Å². The molecule has 4 rings (SSSR count). The number of aromatic nitrogens is 1. The fraction of sp³-hybridized carbons (Fsp3) is 0.353. The number of rotatable bonds is 4. The predicted octanol–water partition coefficient (Wildman–Crippen LogP) is 2.62. The average molecular weight is 437 g/mol. The van der Waals surface area contributed by atoms with Crippen LogP contribution >= 0.6 is 27.3 Å². The van der Waals surface area contributed by atoms with Gasteiger partial charge in [-0.1, -0.05) is 15.9 Å². The average Bonchev–Trinajstić information content (AvgIpc) is 3.24. The van der Waals surface area contributed by atoms with Gasteiger partial charge in [0.1, 0.15) is 5.75 Å². The molecule has 2 aromatic rings. The van der Waals surface area contributed by atoms with Gasteiger partial charge in [0, 0.05) is 34.9 Å². The van der Waals surface area contributed by atoms with Crippen molar-refractivity contribution >= 4 is 44.3 Å². The molecule has 0 saturated carbocycles. The molecule has 0 bridgehead atoms. The molecule has 1 aromatic heterocycles. The first-order valence-electron chi connectivity index (χ1n) is 8.31. The second-order valence-electron chi connectivity index (χ2n) is 6.12. The van der Waals surface area contributed by atoms with Crippen LogP contribution in [0.4, 0.5) is 9.93 Å². The van der Waals surface area contributed by atoms with Crippen LogP contribution in [0.1, 0.15) is 23.7 Å². The van der Waals surface area contributed by atoms with Crippen molar-refractivity contribution in [2.45, 2.75) is 18.9 Å². The van der Waals surface area contributed by atoms with Crippen molar-refractivity contribution < 1.29 is 14.3 Å². The van der Waals surface area contributed by atoms with E-state index in [1.807, 2.05) is 23.6 Å². The van der Waals surface area contributed by atoms with Gasteiger partial charge in [0.2, 0.25) is 5.91 Å². The Hall–Kier alpha value is -2.13. The number of anilines is 1. The monoisotopic (exact) mass is 436 g/mol. The van der Waals surface area contributed by atoms with Gasteiger partial charge in [-0.2, -0.15) is 0 Å². The summed E-state index contributed by atoms with van der Waals surface area (Å²) in [6.07, 6.45) is 0.915. The van der Waals surface area contributed by atoms with E-state index in [1.165, 1.54) is 11.3 Å². The van der Waals surface area contributed by atoms with Crippen LogP contribution in [-0.4, -0.2) is 36.6 Å². The summed E-state index contributed by atoms with van der Waals surface area (Å²) in [6.45, 7) is 1.79. The third-order valence-electron chi connectivity index (χ3n) is 4.32. The summed E-state index contributed by atoms with van der Waals surface area (Å²) in [7, 11) is 0. The number of carbonyl (C=O) groups is 2. The van der Waals surface area contributed by atoms with Gasteiger partial charge in [0.25, 0.3) is 0 Å². The molecule has 2 aliphatic rings. The summed E-state index contributed by atoms with van der Waals surface area (Å²) in [4.78, 5) is 30.2. The van der Waals surface area contributed by atoms with E-state index in [1.54, 1.807) is 4.90 Å². The lowest BCUT2D eigenvalue weighted by atomic mass is 10.0. The molecule has 26 heavy (non-hydrogen) atoms. The number of nitrogens with zero attached hydrogens (tertiary/aromatic N) is 2. The second-order valence-corrected chi connectivity index (χ2v) is 7.87. The molecule has 2 aliphatic heterocycles. The topological polar surface area (TPSA) is 83.6 Å². The summed E-state index contributed by atoms with van der Waals surface area (Å²) in [5, 5.41) is 8.27. The Bertz CT molecular complexity index is 856. The van der Waals surface area contributed by atoms with Crippen molar-refractivity contribution in [2.24, 2.45) is 0 Å². The van der Waals surface area contributed by atoms with Crippen molar-refractivity contribution in [3.05, 3.63) is 39.3 Å². The molecule has 1 aromatic carbocycles. The maximum atomic E-state index is 12.5.